The largest absolute Gasteiger partial charge is 0.294 e. The van der Waals surface area contributed by atoms with Crippen molar-refractivity contribution in [1.82, 2.24) is 0 Å². The average Bonchev–Trinajstić information content (AvgIpc) is 2.29. The number of carbonyl (C=O) groups excluding carboxylic acids is 1. The molecular formula is C11H10O. The van der Waals surface area contributed by atoms with E-state index < -0.39 is 0 Å². The number of rotatable bonds is 0. The Hall–Kier alpha value is -1.29. The fourth-order valence-corrected chi connectivity index (χ4v) is 1.62. The van der Waals surface area contributed by atoms with Crippen molar-refractivity contribution in [2.24, 2.45) is 0 Å². The van der Waals surface area contributed by atoms with Crippen molar-refractivity contribution in [3.05, 3.63) is 34.8 Å². The molecule has 0 aliphatic heterocycles. The molecule has 0 saturated carbocycles. The van der Waals surface area contributed by atoms with E-state index in [0.29, 0.717) is 6.42 Å². The minimum Gasteiger partial charge on any atom is -0.294 e. The van der Waals surface area contributed by atoms with E-state index in [-0.39, 0.29) is 5.78 Å². The molecule has 0 aromatic heterocycles. The summed E-state index contributed by atoms with van der Waals surface area (Å²) in [5.41, 5.74) is 7.74. The maximum absolute atomic E-state index is 11.5. The Morgan fingerprint density at radius 1 is 1.08 bits per heavy atom. The second-order valence-corrected chi connectivity index (χ2v) is 3.15. The van der Waals surface area contributed by atoms with Gasteiger partial charge in [0.25, 0.3) is 0 Å². The highest BCUT2D eigenvalue weighted by Crippen LogP contribution is 2.23. The normalized spacial score (nSPS) is 21.2. The van der Waals surface area contributed by atoms with Crippen molar-refractivity contribution in [3.63, 3.8) is 0 Å². The summed E-state index contributed by atoms with van der Waals surface area (Å²) in [6, 6.07) is 0. The molecule has 2 rings (SSSR count). The van der Waals surface area contributed by atoms with Gasteiger partial charge in [-0.05, 0) is 37.0 Å². The van der Waals surface area contributed by atoms with E-state index in [1.54, 1.807) is 6.08 Å². The van der Waals surface area contributed by atoms with Gasteiger partial charge in [0.15, 0.2) is 5.78 Å². The van der Waals surface area contributed by atoms with E-state index in [0.717, 1.165) is 30.4 Å². The van der Waals surface area contributed by atoms with Crippen molar-refractivity contribution >= 4 is 5.78 Å². The number of hydrogen-bond acceptors (Lipinski definition) is 1. The molecule has 0 amide bonds. The Morgan fingerprint density at radius 3 is 2.75 bits per heavy atom. The second kappa shape index (κ2) is 2.98. The highest BCUT2D eigenvalue weighted by molar-refractivity contribution is 5.99. The van der Waals surface area contributed by atoms with Crippen molar-refractivity contribution in [2.45, 2.75) is 25.7 Å². The van der Waals surface area contributed by atoms with Crippen LogP contribution in [0.4, 0.5) is 0 Å². The van der Waals surface area contributed by atoms with Gasteiger partial charge in [-0.25, -0.2) is 0 Å². The highest BCUT2D eigenvalue weighted by atomic mass is 16.1. The minimum atomic E-state index is 0.271. The Balaban J connectivity index is 2.42. The molecule has 0 bridgehead atoms. The standard InChI is InChI=1S/C11H10O/c12-11-8-4-2-6-9-5-1-3-7-10(9)11/h5,7H,2,4,6,8H2. The zero-order valence-electron chi connectivity index (χ0n) is 6.89. The van der Waals surface area contributed by atoms with E-state index in [4.69, 9.17) is 0 Å². The zero-order chi connectivity index (χ0) is 8.39. The van der Waals surface area contributed by atoms with Crippen LogP contribution >= 0.6 is 0 Å². The molecule has 2 aliphatic carbocycles. The Morgan fingerprint density at radius 2 is 1.83 bits per heavy atom. The zero-order valence-corrected chi connectivity index (χ0v) is 6.89. The average molecular weight is 158 g/mol. The summed E-state index contributed by atoms with van der Waals surface area (Å²) in [4.78, 5) is 11.5. The van der Waals surface area contributed by atoms with Crippen LogP contribution in [-0.4, -0.2) is 5.78 Å². The first kappa shape index (κ1) is 7.36. The molecule has 0 spiro atoms. The molecule has 0 atom stereocenters. The third kappa shape index (κ3) is 1.21. The molecule has 0 N–H and O–H groups in total. The molecule has 0 fully saturated rings. The van der Waals surface area contributed by atoms with Gasteiger partial charge in [0.2, 0.25) is 0 Å². The molecule has 0 unspecified atom stereocenters. The van der Waals surface area contributed by atoms with E-state index in [9.17, 15) is 4.79 Å². The molecule has 1 heteroatoms. The van der Waals surface area contributed by atoms with Crippen molar-refractivity contribution in [3.8, 4) is 0 Å². The first-order valence-electron chi connectivity index (χ1n) is 4.32. The fraction of sp³-hybridized carbons (Fsp3) is 0.364. The number of hydrogen-bond donors (Lipinski definition) is 0. The van der Waals surface area contributed by atoms with Gasteiger partial charge < -0.3 is 0 Å². The molecule has 0 aromatic rings. The van der Waals surface area contributed by atoms with Gasteiger partial charge in [0, 0.05) is 12.0 Å². The first-order valence-corrected chi connectivity index (χ1v) is 4.32. The summed E-state index contributed by atoms with van der Waals surface area (Å²) >= 11 is 0. The maximum atomic E-state index is 11.5. The Bertz CT molecular complexity index is 345. The van der Waals surface area contributed by atoms with Gasteiger partial charge in [-0.15, -0.1) is 0 Å². The summed E-state index contributed by atoms with van der Waals surface area (Å²) in [5.74, 6) is 0.271. The lowest BCUT2D eigenvalue weighted by molar-refractivity contribution is -0.115. The second-order valence-electron chi connectivity index (χ2n) is 3.15. The lowest BCUT2D eigenvalue weighted by Crippen LogP contribution is -2.00. The monoisotopic (exact) mass is 158 g/mol. The predicted molar refractivity (Wildman–Crippen MR) is 46.7 cm³/mol. The summed E-state index contributed by atoms with van der Waals surface area (Å²) in [7, 11) is 0. The van der Waals surface area contributed by atoms with Crippen LogP contribution in [0.15, 0.2) is 34.8 Å². The van der Waals surface area contributed by atoms with E-state index in [1.165, 1.54) is 0 Å². The highest BCUT2D eigenvalue weighted by Gasteiger charge is 2.15. The third-order valence-electron chi connectivity index (χ3n) is 2.29. The SMILES string of the molecule is O=C1CCCCC2=C1C=C=C=C2. The molecule has 2 aliphatic rings. The van der Waals surface area contributed by atoms with Gasteiger partial charge >= 0.3 is 0 Å². The number of carbonyl (C=O) groups is 1. The van der Waals surface area contributed by atoms with Gasteiger partial charge in [-0.1, -0.05) is 11.5 Å². The molecule has 60 valence electrons. The molecule has 1 nitrogen and oxygen atoms in total. The first-order chi connectivity index (χ1) is 5.88. The Labute approximate surface area is 71.8 Å². The van der Waals surface area contributed by atoms with Gasteiger partial charge in [-0.3, -0.25) is 4.79 Å². The van der Waals surface area contributed by atoms with Crippen molar-refractivity contribution < 1.29 is 4.79 Å². The summed E-state index contributed by atoms with van der Waals surface area (Å²) in [5, 5.41) is 0. The van der Waals surface area contributed by atoms with Crippen LogP contribution in [0.5, 0.6) is 0 Å². The lowest BCUT2D eigenvalue weighted by atomic mass is 10.0. The van der Waals surface area contributed by atoms with Crippen molar-refractivity contribution in [1.29, 1.82) is 0 Å². The van der Waals surface area contributed by atoms with Crippen molar-refractivity contribution in [2.75, 3.05) is 0 Å². The van der Waals surface area contributed by atoms with Crippen LogP contribution in [-0.2, 0) is 4.79 Å². The van der Waals surface area contributed by atoms with Crippen LogP contribution in [0, 0.1) is 0 Å². The molecule has 0 aromatic carbocycles. The smallest absolute Gasteiger partial charge is 0.163 e. The Kier molecular flexibility index (Phi) is 1.83. The third-order valence-corrected chi connectivity index (χ3v) is 2.29. The lowest BCUT2D eigenvalue weighted by Gasteiger charge is -2.02. The number of Topliss-reactive ketones (excluding diaryl/α,β-unsaturated/α-hetero) is 1. The number of ketones is 1. The van der Waals surface area contributed by atoms with Gasteiger partial charge in [0.05, 0.1) is 0 Å². The maximum Gasteiger partial charge on any atom is 0.163 e. The summed E-state index contributed by atoms with van der Waals surface area (Å²) in [6.45, 7) is 0. The summed E-state index contributed by atoms with van der Waals surface area (Å²) in [6.07, 6.45) is 7.52. The molecular weight excluding hydrogens is 148 g/mol. The van der Waals surface area contributed by atoms with E-state index in [1.807, 2.05) is 6.08 Å². The van der Waals surface area contributed by atoms with Crippen LogP contribution in [0.3, 0.4) is 0 Å². The molecule has 12 heavy (non-hydrogen) atoms. The fourth-order valence-electron chi connectivity index (χ4n) is 1.62. The van der Waals surface area contributed by atoms with Crippen LogP contribution in [0.25, 0.3) is 0 Å². The topological polar surface area (TPSA) is 17.1 Å². The van der Waals surface area contributed by atoms with Crippen LogP contribution < -0.4 is 0 Å². The van der Waals surface area contributed by atoms with Gasteiger partial charge in [-0.2, -0.15) is 0 Å². The number of allylic oxidation sites excluding steroid dienone is 4. The van der Waals surface area contributed by atoms with E-state index in [2.05, 4.69) is 11.5 Å². The van der Waals surface area contributed by atoms with E-state index >= 15 is 0 Å². The summed E-state index contributed by atoms with van der Waals surface area (Å²) < 4.78 is 0. The van der Waals surface area contributed by atoms with Gasteiger partial charge in [0.1, 0.15) is 0 Å². The molecule has 0 saturated heterocycles. The quantitative estimate of drug-likeness (QED) is 0.494. The van der Waals surface area contributed by atoms with Crippen LogP contribution in [0.1, 0.15) is 25.7 Å². The molecule has 0 radical (unpaired) electrons. The minimum absolute atomic E-state index is 0.271. The van der Waals surface area contributed by atoms with Crippen LogP contribution in [0.2, 0.25) is 0 Å². The molecule has 0 heterocycles. The predicted octanol–water partition coefficient (Wildman–Crippen LogP) is 2.31.